The normalized spacial score (nSPS) is 21.2. The third kappa shape index (κ3) is 3.67. The number of morpholine rings is 1. The van der Waals surface area contributed by atoms with Gasteiger partial charge in [0.05, 0.1) is 19.3 Å². The summed E-state index contributed by atoms with van der Waals surface area (Å²) >= 11 is 6.12. The summed E-state index contributed by atoms with van der Waals surface area (Å²) in [6.45, 7) is 7.71. The Morgan fingerprint density at radius 2 is 1.84 bits per heavy atom. The number of alkyl halides is 1. The molecule has 1 unspecified atom stereocenters. The van der Waals surface area contributed by atoms with Crippen molar-refractivity contribution in [2.24, 2.45) is 5.92 Å². The minimum Gasteiger partial charge on any atom is -0.378 e. The van der Waals surface area contributed by atoms with Gasteiger partial charge in [0.25, 0.3) is 0 Å². The number of aromatic amines is 1. The topological polar surface area (TPSA) is 48.6 Å². The van der Waals surface area contributed by atoms with Gasteiger partial charge in [0.1, 0.15) is 5.88 Å². The largest absolute Gasteiger partial charge is 0.378 e. The number of fused-ring (bicyclic) bond motifs is 3. The van der Waals surface area contributed by atoms with E-state index < -0.39 is 0 Å². The molecule has 5 nitrogen and oxygen atoms in total. The van der Waals surface area contributed by atoms with Gasteiger partial charge in [-0.1, -0.05) is 44.2 Å². The number of ether oxygens (including phenoxy) is 1. The second kappa shape index (κ2) is 8.80. The fraction of sp³-hybridized carbons (Fsp3) is 0.423. The van der Waals surface area contributed by atoms with Crippen molar-refractivity contribution in [2.75, 3.05) is 37.1 Å². The monoisotopic (exact) mass is 451 g/mol. The summed E-state index contributed by atoms with van der Waals surface area (Å²) in [5, 5.41) is 1.25. The number of hydrogen-bond acceptors (Lipinski definition) is 3. The van der Waals surface area contributed by atoms with E-state index in [1.165, 1.54) is 16.6 Å². The lowest BCUT2D eigenvalue weighted by atomic mass is 9.83. The zero-order chi connectivity index (χ0) is 22.2. The second-order valence-electron chi connectivity index (χ2n) is 9.11. The molecule has 2 aliphatic heterocycles. The fourth-order valence-corrected chi connectivity index (χ4v) is 5.42. The zero-order valence-corrected chi connectivity index (χ0v) is 19.4. The number of carbonyl (C=O) groups excluding carboxylic acids is 1. The van der Waals surface area contributed by atoms with Crippen LogP contribution in [0.2, 0.25) is 0 Å². The Morgan fingerprint density at radius 3 is 2.53 bits per heavy atom. The molecule has 3 aromatic rings. The summed E-state index contributed by atoms with van der Waals surface area (Å²) in [5.74, 6) is 0.289. The smallest absolute Gasteiger partial charge is 0.238 e. The number of halogens is 1. The summed E-state index contributed by atoms with van der Waals surface area (Å²) in [4.78, 5) is 21.2. The first kappa shape index (κ1) is 21.4. The number of anilines is 1. The van der Waals surface area contributed by atoms with Gasteiger partial charge in [0, 0.05) is 41.4 Å². The summed E-state index contributed by atoms with van der Waals surface area (Å²) in [6.07, 6.45) is 0.835. The molecule has 0 aliphatic carbocycles. The van der Waals surface area contributed by atoms with E-state index in [0.29, 0.717) is 5.92 Å². The van der Waals surface area contributed by atoms with E-state index in [1.807, 2.05) is 4.90 Å². The number of amides is 1. The molecule has 0 bridgehead atoms. The molecule has 1 saturated heterocycles. The van der Waals surface area contributed by atoms with Crippen LogP contribution in [-0.2, 0) is 16.0 Å². The maximum absolute atomic E-state index is 13.2. The van der Waals surface area contributed by atoms with Crippen molar-refractivity contribution in [2.45, 2.75) is 32.4 Å². The third-order valence-electron chi connectivity index (χ3n) is 6.93. The molecule has 1 aromatic heterocycles. The van der Waals surface area contributed by atoms with Crippen molar-refractivity contribution in [3.63, 3.8) is 0 Å². The number of hydrogen-bond donors (Lipinski definition) is 1. The van der Waals surface area contributed by atoms with E-state index in [0.717, 1.165) is 49.5 Å². The predicted molar refractivity (Wildman–Crippen MR) is 130 cm³/mol. The molecule has 6 heteroatoms. The highest BCUT2D eigenvalue weighted by molar-refractivity contribution is 6.27. The number of para-hydroxylation sites is 1. The Morgan fingerprint density at radius 1 is 1.12 bits per heavy atom. The van der Waals surface area contributed by atoms with Crippen LogP contribution >= 0.6 is 11.6 Å². The van der Waals surface area contributed by atoms with Crippen LogP contribution in [0, 0.1) is 5.92 Å². The van der Waals surface area contributed by atoms with Crippen LogP contribution in [0.5, 0.6) is 0 Å². The lowest BCUT2D eigenvalue weighted by molar-refractivity contribution is -0.134. The lowest BCUT2D eigenvalue weighted by Crippen LogP contribution is -2.50. The van der Waals surface area contributed by atoms with Gasteiger partial charge in [-0.05, 0) is 41.7 Å². The molecule has 1 amide bonds. The standard InChI is InChI=1S/C26H30ClN3O2/c1-17(2)23-15-21-20-5-3-4-6-22(20)28-25(21)26(30(23)24(31)16-27)18-7-9-19(10-8-18)29-11-13-32-14-12-29/h3-10,17,23,26,28H,11-16H2,1-2H3/t23?,26-/m0/s1. The SMILES string of the molecule is CC(C)C1Cc2c([nH]c3ccccc23)[C@H](c2ccc(N3CCOCC3)cc2)N1C(=O)CCl. The van der Waals surface area contributed by atoms with Gasteiger partial charge >= 0.3 is 0 Å². The molecule has 0 saturated carbocycles. The molecule has 5 rings (SSSR count). The van der Waals surface area contributed by atoms with E-state index in [9.17, 15) is 4.79 Å². The number of carbonyl (C=O) groups is 1. The maximum atomic E-state index is 13.2. The van der Waals surface area contributed by atoms with Gasteiger partial charge in [-0.25, -0.2) is 0 Å². The molecule has 3 heterocycles. The number of nitrogens with one attached hydrogen (secondary N) is 1. The Kier molecular flexibility index (Phi) is 5.87. The van der Waals surface area contributed by atoms with Crippen molar-refractivity contribution < 1.29 is 9.53 Å². The van der Waals surface area contributed by atoms with Crippen molar-refractivity contribution in [1.29, 1.82) is 0 Å². The Hall–Kier alpha value is -2.50. The van der Waals surface area contributed by atoms with Crippen LogP contribution < -0.4 is 4.90 Å². The van der Waals surface area contributed by atoms with Crippen molar-refractivity contribution >= 4 is 34.1 Å². The van der Waals surface area contributed by atoms with Crippen molar-refractivity contribution in [3.8, 4) is 0 Å². The number of rotatable bonds is 4. The van der Waals surface area contributed by atoms with Crippen LogP contribution in [0.4, 0.5) is 5.69 Å². The molecule has 0 radical (unpaired) electrons. The first-order valence-electron chi connectivity index (χ1n) is 11.5. The van der Waals surface area contributed by atoms with Crippen LogP contribution in [-0.4, -0.2) is 54.0 Å². The van der Waals surface area contributed by atoms with Crippen molar-refractivity contribution in [1.82, 2.24) is 9.88 Å². The predicted octanol–water partition coefficient (Wildman–Crippen LogP) is 4.74. The number of nitrogens with zero attached hydrogens (tertiary/aromatic N) is 2. The van der Waals surface area contributed by atoms with Gasteiger partial charge in [0.15, 0.2) is 0 Å². The first-order chi connectivity index (χ1) is 15.6. The number of H-pyrrole nitrogens is 1. The molecule has 1 fully saturated rings. The van der Waals surface area contributed by atoms with E-state index >= 15 is 0 Å². The van der Waals surface area contributed by atoms with Gasteiger partial charge in [0.2, 0.25) is 5.91 Å². The quantitative estimate of drug-likeness (QED) is 0.583. The third-order valence-corrected chi connectivity index (χ3v) is 7.15. The molecular weight excluding hydrogens is 422 g/mol. The fourth-order valence-electron chi connectivity index (χ4n) is 5.28. The minimum absolute atomic E-state index is 0.0128. The summed E-state index contributed by atoms with van der Waals surface area (Å²) in [7, 11) is 0. The highest BCUT2D eigenvalue weighted by Gasteiger charge is 2.41. The van der Waals surface area contributed by atoms with Crippen molar-refractivity contribution in [3.05, 3.63) is 65.4 Å². The molecule has 0 spiro atoms. The summed E-state index contributed by atoms with van der Waals surface area (Å²) in [6, 6.07) is 17.0. The van der Waals surface area contributed by atoms with E-state index in [4.69, 9.17) is 16.3 Å². The summed E-state index contributed by atoms with van der Waals surface area (Å²) in [5.41, 5.74) is 5.86. The number of aromatic nitrogens is 1. The van der Waals surface area contributed by atoms with E-state index in [-0.39, 0.29) is 23.9 Å². The minimum atomic E-state index is -0.177. The van der Waals surface area contributed by atoms with Gasteiger partial charge in [-0.3, -0.25) is 4.79 Å². The number of benzene rings is 2. The Labute approximate surface area is 194 Å². The molecule has 2 aliphatic rings. The highest BCUT2D eigenvalue weighted by atomic mass is 35.5. The first-order valence-corrected chi connectivity index (χ1v) is 12.0. The average molecular weight is 452 g/mol. The van der Waals surface area contributed by atoms with Crippen LogP contribution in [0.3, 0.4) is 0 Å². The van der Waals surface area contributed by atoms with Crippen LogP contribution in [0.25, 0.3) is 10.9 Å². The maximum Gasteiger partial charge on any atom is 0.238 e. The molecular formula is C26H30ClN3O2. The molecule has 2 atom stereocenters. The van der Waals surface area contributed by atoms with Crippen LogP contribution in [0.15, 0.2) is 48.5 Å². The Balaban J connectivity index is 1.62. The molecule has 168 valence electrons. The highest BCUT2D eigenvalue weighted by Crippen LogP contribution is 2.43. The van der Waals surface area contributed by atoms with E-state index in [2.05, 4.69) is 72.3 Å². The molecule has 1 N–H and O–H groups in total. The van der Waals surface area contributed by atoms with Crippen LogP contribution in [0.1, 0.15) is 36.7 Å². The van der Waals surface area contributed by atoms with E-state index in [1.54, 1.807) is 0 Å². The average Bonchev–Trinajstić information content (AvgIpc) is 3.21. The summed E-state index contributed by atoms with van der Waals surface area (Å²) < 4.78 is 5.49. The lowest BCUT2D eigenvalue weighted by Gasteiger charge is -2.44. The second-order valence-corrected chi connectivity index (χ2v) is 9.37. The van der Waals surface area contributed by atoms with Gasteiger partial charge < -0.3 is 19.5 Å². The molecule has 2 aromatic carbocycles. The Bertz CT molecular complexity index is 1100. The van der Waals surface area contributed by atoms with Gasteiger partial charge in [-0.15, -0.1) is 11.6 Å². The zero-order valence-electron chi connectivity index (χ0n) is 18.7. The van der Waals surface area contributed by atoms with Gasteiger partial charge in [-0.2, -0.15) is 0 Å². The molecule has 32 heavy (non-hydrogen) atoms.